The highest BCUT2D eigenvalue weighted by atomic mass is 32.2. The van der Waals surface area contributed by atoms with Crippen LogP contribution in [0.25, 0.3) is 27.6 Å². The zero-order chi connectivity index (χ0) is 19.3. The monoisotopic (exact) mass is 393 g/mol. The summed E-state index contributed by atoms with van der Waals surface area (Å²) in [5, 5.41) is 13.0. The van der Waals surface area contributed by atoms with E-state index in [0.717, 1.165) is 34.2 Å². The Morgan fingerprint density at radius 1 is 1.11 bits per heavy atom. The van der Waals surface area contributed by atoms with Gasteiger partial charge in [-0.25, -0.2) is 9.97 Å². The van der Waals surface area contributed by atoms with E-state index in [1.807, 2.05) is 19.1 Å². The number of hydrogen-bond acceptors (Lipinski definition) is 5. The molecule has 144 valence electrons. The van der Waals surface area contributed by atoms with Gasteiger partial charge in [0.05, 0.1) is 5.69 Å². The molecule has 2 aromatic carbocycles. The van der Waals surface area contributed by atoms with Gasteiger partial charge in [-0.15, -0.1) is 0 Å². The Balaban J connectivity index is 1.68. The van der Waals surface area contributed by atoms with Crippen molar-refractivity contribution in [1.82, 2.24) is 14.5 Å². The molecule has 0 amide bonds. The summed E-state index contributed by atoms with van der Waals surface area (Å²) in [6, 6.07) is 18.6. The van der Waals surface area contributed by atoms with Crippen LogP contribution in [0.1, 0.15) is 19.8 Å². The summed E-state index contributed by atoms with van der Waals surface area (Å²) in [7, 11) is 0. The number of hydrogen-bond donors (Lipinski definition) is 1. The lowest BCUT2D eigenvalue weighted by molar-refractivity contribution is -0.0983. The first-order chi connectivity index (χ1) is 13.8. The molecule has 1 unspecified atom stereocenters. The number of ether oxygens (including phenoxy) is 1. The molecule has 0 fully saturated rings. The van der Waals surface area contributed by atoms with Gasteiger partial charge in [0.25, 0.3) is 0 Å². The van der Waals surface area contributed by atoms with Gasteiger partial charge in [0, 0.05) is 23.9 Å². The Labute approximate surface area is 168 Å². The molecule has 2 aromatic heterocycles. The Bertz CT molecular complexity index is 1070. The van der Waals surface area contributed by atoms with Gasteiger partial charge >= 0.3 is 0 Å². The fourth-order valence-electron chi connectivity index (χ4n) is 3.31. The smallest absolute Gasteiger partial charge is 0.174 e. The predicted octanol–water partition coefficient (Wildman–Crippen LogP) is 4.80. The van der Waals surface area contributed by atoms with Crippen molar-refractivity contribution in [3.63, 3.8) is 0 Å². The minimum Gasteiger partial charge on any atom is -0.368 e. The van der Waals surface area contributed by atoms with Gasteiger partial charge < -0.3 is 9.84 Å². The number of thioether (sulfide) groups is 1. The third-order valence-corrected chi connectivity index (χ3v) is 5.60. The van der Waals surface area contributed by atoms with E-state index in [4.69, 9.17) is 9.72 Å². The zero-order valence-corrected chi connectivity index (χ0v) is 16.6. The second kappa shape index (κ2) is 8.73. The molecule has 1 N–H and O–H groups in total. The maximum atomic E-state index is 9.75. The minimum absolute atomic E-state index is 0.525. The molecule has 0 radical (unpaired) electrons. The fourth-order valence-corrected chi connectivity index (χ4v) is 4.28. The molecule has 0 bridgehead atoms. The van der Waals surface area contributed by atoms with Crippen molar-refractivity contribution >= 4 is 33.7 Å². The molecular weight excluding hydrogens is 370 g/mol. The third kappa shape index (κ3) is 3.90. The molecule has 4 aromatic rings. The van der Waals surface area contributed by atoms with Crippen LogP contribution < -0.4 is 0 Å². The Morgan fingerprint density at radius 3 is 2.86 bits per heavy atom. The Morgan fingerprint density at radius 2 is 1.96 bits per heavy atom. The molecule has 0 spiro atoms. The first-order valence-electron chi connectivity index (χ1n) is 9.52. The maximum absolute atomic E-state index is 9.75. The molecular formula is C22H23N3O2S. The van der Waals surface area contributed by atoms with E-state index in [0.29, 0.717) is 13.0 Å². The van der Waals surface area contributed by atoms with E-state index >= 15 is 0 Å². The SMILES string of the molecule is CCOC(O)CCCSc1nc2cccnc2n1-c1cccc2ccccc12. The summed E-state index contributed by atoms with van der Waals surface area (Å²) in [6.07, 6.45) is 2.58. The van der Waals surface area contributed by atoms with Crippen molar-refractivity contribution < 1.29 is 9.84 Å². The van der Waals surface area contributed by atoms with Gasteiger partial charge in [0.1, 0.15) is 5.52 Å². The van der Waals surface area contributed by atoms with E-state index in [9.17, 15) is 5.11 Å². The Kier molecular flexibility index (Phi) is 5.90. The Hall–Kier alpha value is -2.41. The van der Waals surface area contributed by atoms with E-state index in [-0.39, 0.29) is 0 Å². The first-order valence-corrected chi connectivity index (χ1v) is 10.5. The standard InChI is InChI=1S/C22H23N3O2S/c1-2-27-20(26)13-7-15-28-22-24-18-11-6-14-23-21(18)25(22)19-12-5-9-16-8-3-4-10-17(16)19/h3-6,8-12,14,20,26H,2,7,13,15H2,1H3. The van der Waals surface area contributed by atoms with Gasteiger partial charge in [-0.2, -0.15) is 0 Å². The van der Waals surface area contributed by atoms with E-state index in [2.05, 4.69) is 52.0 Å². The van der Waals surface area contributed by atoms with Crippen LogP contribution in [0.5, 0.6) is 0 Å². The lowest BCUT2D eigenvalue weighted by Gasteiger charge is -2.12. The number of fused-ring (bicyclic) bond motifs is 2. The maximum Gasteiger partial charge on any atom is 0.174 e. The minimum atomic E-state index is -0.691. The molecule has 0 aliphatic carbocycles. The number of aromatic nitrogens is 3. The number of rotatable bonds is 8. The number of imidazole rings is 1. The largest absolute Gasteiger partial charge is 0.368 e. The summed E-state index contributed by atoms with van der Waals surface area (Å²) in [6.45, 7) is 2.41. The molecule has 5 nitrogen and oxygen atoms in total. The molecule has 4 rings (SSSR count). The highest BCUT2D eigenvalue weighted by Crippen LogP contribution is 2.31. The highest BCUT2D eigenvalue weighted by molar-refractivity contribution is 7.99. The molecule has 1 atom stereocenters. The topological polar surface area (TPSA) is 60.2 Å². The van der Waals surface area contributed by atoms with Gasteiger partial charge in [0.15, 0.2) is 17.1 Å². The van der Waals surface area contributed by atoms with Crippen molar-refractivity contribution in [3.8, 4) is 5.69 Å². The summed E-state index contributed by atoms with van der Waals surface area (Å²) in [5.74, 6) is 0.845. The summed E-state index contributed by atoms with van der Waals surface area (Å²) >= 11 is 1.68. The normalized spacial score (nSPS) is 12.6. The average molecular weight is 394 g/mol. The van der Waals surface area contributed by atoms with Crippen LogP contribution in [0, 0.1) is 0 Å². The number of aliphatic hydroxyl groups excluding tert-OH is 1. The molecule has 6 heteroatoms. The molecule has 0 saturated carbocycles. The van der Waals surface area contributed by atoms with Crippen molar-refractivity contribution in [2.75, 3.05) is 12.4 Å². The quantitative estimate of drug-likeness (QED) is 0.265. The summed E-state index contributed by atoms with van der Waals surface area (Å²) in [4.78, 5) is 9.41. The van der Waals surface area contributed by atoms with Gasteiger partial charge in [-0.3, -0.25) is 4.57 Å². The van der Waals surface area contributed by atoms with Crippen LogP contribution in [-0.2, 0) is 4.74 Å². The van der Waals surface area contributed by atoms with E-state index in [1.165, 1.54) is 10.8 Å². The lowest BCUT2D eigenvalue weighted by Crippen LogP contribution is -2.11. The number of nitrogens with zero attached hydrogens (tertiary/aromatic N) is 3. The second-order valence-corrected chi connectivity index (χ2v) is 7.54. The van der Waals surface area contributed by atoms with Crippen molar-refractivity contribution in [1.29, 1.82) is 0 Å². The lowest BCUT2D eigenvalue weighted by atomic mass is 10.1. The van der Waals surface area contributed by atoms with Crippen LogP contribution >= 0.6 is 11.8 Å². The molecule has 0 saturated heterocycles. The van der Waals surface area contributed by atoms with Gasteiger partial charge in [0.2, 0.25) is 0 Å². The van der Waals surface area contributed by atoms with Crippen LogP contribution in [0.15, 0.2) is 66.0 Å². The predicted molar refractivity (Wildman–Crippen MR) is 114 cm³/mol. The molecule has 2 heterocycles. The fraction of sp³-hybridized carbons (Fsp3) is 0.273. The van der Waals surface area contributed by atoms with E-state index in [1.54, 1.807) is 18.0 Å². The van der Waals surface area contributed by atoms with Crippen molar-refractivity contribution in [2.24, 2.45) is 0 Å². The molecule has 0 aliphatic heterocycles. The molecule has 28 heavy (non-hydrogen) atoms. The van der Waals surface area contributed by atoms with Gasteiger partial charge in [-0.05, 0) is 43.4 Å². The summed E-state index contributed by atoms with van der Waals surface area (Å²) in [5.41, 5.74) is 2.82. The van der Waals surface area contributed by atoms with Crippen molar-refractivity contribution in [3.05, 3.63) is 60.8 Å². The third-order valence-electron chi connectivity index (χ3n) is 4.58. The molecule has 0 aliphatic rings. The highest BCUT2D eigenvalue weighted by Gasteiger charge is 2.16. The number of aliphatic hydroxyl groups is 1. The number of benzene rings is 2. The average Bonchev–Trinajstić information content (AvgIpc) is 3.09. The first kappa shape index (κ1) is 18.9. The summed E-state index contributed by atoms with van der Waals surface area (Å²) < 4.78 is 7.34. The zero-order valence-electron chi connectivity index (χ0n) is 15.8. The second-order valence-electron chi connectivity index (χ2n) is 6.47. The van der Waals surface area contributed by atoms with Crippen LogP contribution in [0.2, 0.25) is 0 Å². The van der Waals surface area contributed by atoms with Crippen LogP contribution in [0.4, 0.5) is 0 Å². The van der Waals surface area contributed by atoms with E-state index < -0.39 is 6.29 Å². The number of pyridine rings is 1. The van der Waals surface area contributed by atoms with Crippen molar-refractivity contribution in [2.45, 2.75) is 31.2 Å². The van der Waals surface area contributed by atoms with Crippen LogP contribution in [0.3, 0.4) is 0 Å². The van der Waals surface area contributed by atoms with Crippen LogP contribution in [-0.4, -0.2) is 38.3 Å². The van der Waals surface area contributed by atoms with Gasteiger partial charge in [-0.1, -0.05) is 48.2 Å².